The number of carbonyl (C=O) groups excluding carboxylic acids is 2. The summed E-state index contributed by atoms with van der Waals surface area (Å²) in [7, 11) is 0. The molecule has 1 saturated heterocycles. The molecule has 0 aliphatic carbocycles. The van der Waals surface area contributed by atoms with Crippen molar-refractivity contribution >= 4 is 11.8 Å². The van der Waals surface area contributed by atoms with Gasteiger partial charge < -0.3 is 10.6 Å². The van der Waals surface area contributed by atoms with Crippen molar-refractivity contribution in [2.24, 2.45) is 17.1 Å². The first-order valence-corrected chi connectivity index (χ1v) is 6.67. The van der Waals surface area contributed by atoms with E-state index >= 15 is 0 Å². The van der Waals surface area contributed by atoms with Crippen LogP contribution in [0.5, 0.6) is 0 Å². The molecule has 0 radical (unpaired) electrons. The molecule has 2 unspecified atom stereocenters. The van der Waals surface area contributed by atoms with Crippen molar-refractivity contribution in [1.29, 1.82) is 0 Å². The average molecular weight is 279 g/mol. The van der Waals surface area contributed by atoms with Crippen LogP contribution in [-0.4, -0.2) is 45.0 Å². The van der Waals surface area contributed by atoms with Gasteiger partial charge in [-0.1, -0.05) is 20.8 Å². The van der Waals surface area contributed by atoms with E-state index < -0.39 is 17.2 Å². The highest BCUT2D eigenvalue weighted by atomic mass is 16.2. The Morgan fingerprint density at radius 1 is 1.35 bits per heavy atom. The van der Waals surface area contributed by atoms with E-state index in [0.717, 1.165) is 0 Å². The van der Waals surface area contributed by atoms with Gasteiger partial charge in [-0.15, -0.1) is 0 Å². The summed E-state index contributed by atoms with van der Waals surface area (Å²) < 4.78 is 0. The molecule has 0 aromatic carbocycles. The number of carbonyl (C=O) groups is 2. The molecule has 1 aliphatic rings. The fourth-order valence-electron chi connectivity index (χ4n) is 2.52. The first-order chi connectivity index (χ1) is 9.20. The number of primary amides is 1. The number of amides is 2. The molecule has 1 aliphatic heterocycles. The van der Waals surface area contributed by atoms with Crippen LogP contribution >= 0.6 is 0 Å². The molecular formula is C13H21N5O2. The zero-order valence-electron chi connectivity index (χ0n) is 12.3. The molecule has 2 heterocycles. The van der Waals surface area contributed by atoms with E-state index in [2.05, 4.69) is 15.2 Å². The molecule has 7 heteroatoms. The van der Waals surface area contributed by atoms with Crippen molar-refractivity contribution in [1.82, 2.24) is 20.1 Å². The van der Waals surface area contributed by atoms with Crippen LogP contribution in [0.2, 0.25) is 0 Å². The molecule has 3 N–H and O–H groups in total. The van der Waals surface area contributed by atoms with Crippen molar-refractivity contribution in [2.45, 2.75) is 33.6 Å². The van der Waals surface area contributed by atoms with Crippen LogP contribution in [0.25, 0.3) is 0 Å². The summed E-state index contributed by atoms with van der Waals surface area (Å²) in [5.41, 5.74) is 4.98. The highest BCUT2D eigenvalue weighted by molar-refractivity contribution is 5.84. The maximum atomic E-state index is 12.3. The summed E-state index contributed by atoms with van der Waals surface area (Å²) in [6, 6.07) is 0. The number of aromatic amines is 1. The summed E-state index contributed by atoms with van der Waals surface area (Å²) in [6.45, 7) is 8.14. The molecule has 7 nitrogen and oxygen atoms in total. The molecule has 2 rings (SSSR count). The van der Waals surface area contributed by atoms with Crippen molar-refractivity contribution < 1.29 is 9.59 Å². The molecule has 110 valence electrons. The van der Waals surface area contributed by atoms with Gasteiger partial charge >= 0.3 is 0 Å². The number of nitrogens with zero attached hydrogens (tertiary/aromatic N) is 3. The predicted octanol–water partition coefficient (Wildman–Crippen LogP) is 0.187. The maximum absolute atomic E-state index is 12.3. The SMILES string of the molecule is Cc1nc(C2CN(C(=O)C(C)(C)C)CC2C(N)=O)n[nH]1. The second kappa shape index (κ2) is 4.88. The fraction of sp³-hybridized carbons (Fsp3) is 0.692. The van der Waals surface area contributed by atoms with Crippen molar-refractivity contribution in [3.8, 4) is 0 Å². The summed E-state index contributed by atoms with van der Waals surface area (Å²) in [5, 5.41) is 6.87. The highest BCUT2D eigenvalue weighted by Crippen LogP contribution is 2.33. The third-order valence-corrected chi connectivity index (χ3v) is 3.56. The van der Waals surface area contributed by atoms with Crippen molar-refractivity contribution in [3.63, 3.8) is 0 Å². The van der Waals surface area contributed by atoms with Gasteiger partial charge in [-0.2, -0.15) is 5.10 Å². The minimum Gasteiger partial charge on any atom is -0.369 e. The Kier molecular flexibility index (Phi) is 3.54. The first kappa shape index (κ1) is 14.5. The summed E-state index contributed by atoms with van der Waals surface area (Å²) in [4.78, 5) is 29.9. The summed E-state index contributed by atoms with van der Waals surface area (Å²) in [5.74, 6) is 0.166. The fourth-order valence-corrected chi connectivity index (χ4v) is 2.52. The number of H-pyrrole nitrogens is 1. The van der Waals surface area contributed by atoms with Crippen LogP contribution in [0, 0.1) is 18.3 Å². The Morgan fingerprint density at radius 3 is 2.45 bits per heavy atom. The van der Waals surface area contributed by atoms with E-state index in [1.807, 2.05) is 20.8 Å². The Hall–Kier alpha value is -1.92. The van der Waals surface area contributed by atoms with E-state index in [1.165, 1.54) is 0 Å². The number of aromatic nitrogens is 3. The number of nitrogens with one attached hydrogen (secondary N) is 1. The molecule has 1 fully saturated rings. The van der Waals surface area contributed by atoms with Gasteiger partial charge in [0.25, 0.3) is 0 Å². The standard InChI is InChI=1S/C13H21N5O2/c1-7-15-11(17-16-7)9-6-18(5-8(9)10(14)19)12(20)13(2,3)4/h8-9H,5-6H2,1-4H3,(H2,14,19)(H,15,16,17). The highest BCUT2D eigenvalue weighted by Gasteiger charge is 2.43. The Labute approximate surface area is 117 Å². The molecule has 2 amide bonds. The van der Waals surface area contributed by atoms with Crippen LogP contribution in [0.3, 0.4) is 0 Å². The molecule has 0 spiro atoms. The largest absolute Gasteiger partial charge is 0.369 e. The van der Waals surface area contributed by atoms with Crippen LogP contribution in [-0.2, 0) is 9.59 Å². The van der Waals surface area contributed by atoms with Gasteiger partial charge in [-0.05, 0) is 6.92 Å². The number of nitrogens with two attached hydrogens (primary N) is 1. The lowest BCUT2D eigenvalue weighted by molar-refractivity contribution is -0.138. The summed E-state index contributed by atoms with van der Waals surface area (Å²) in [6.07, 6.45) is 0. The molecular weight excluding hydrogens is 258 g/mol. The van der Waals surface area contributed by atoms with Crippen molar-refractivity contribution in [2.75, 3.05) is 13.1 Å². The van der Waals surface area contributed by atoms with Crippen LogP contribution in [0.1, 0.15) is 38.3 Å². The van der Waals surface area contributed by atoms with Gasteiger partial charge in [0.05, 0.1) is 11.8 Å². The number of aryl methyl sites for hydroxylation is 1. The zero-order valence-corrected chi connectivity index (χ0v) is 12.3. The van der Waals surface area contributed by atoms with Gasteiger partial charge in [0.15, 0.2) is 5.82 Å². The number of rotatable bonds is 2. The van der Waals surface area contributed by atoms with E-state index in [0.29, 0.717) is 24.7 Å². The Bertz CT molecular complexity index is 531. The second-order valence-corrected chi connectivity index (χ2v) is 6.35. The van der Waals surface area contributed by atoms with Crippen LogP contribution in [0.15, 0.2) is 0 Å². The Morgan fingerprint density at radius 2 is 2.00 bits per heavy atom. The van der Waals surface area contributed by atoms with E-state index in [-0.39, 0.29) is 11.8 Å². The molecule has 2 atom stereocenters. The smallest absolute Gasteiger partial charge is 0.227 e. The lowest BCUT2D eigenvalue weighted by atomic mass is 9.95. The number of hydrogen-bond acceptors (Lipinski definition) is 4. The van der Waals surface area contributed by atoms with Crippen LogP contribution in [0.4, 0.5) is 0 Å². The van der Waals surface area contributed by atoms with Crippen molar-refractivity contribution in [3.05, 3.63) is 11.6 Å². The van der Waals surface area contributed by atoms with Gasteiger partial charge in [0.2, 0.25) is 11.8 Å². The van der Waals surface area contributed by atoms with Gasteiger partial charge in [-0.25, -0.2) is 4.98 Å². The van der Waals surface area contributed by atoms with Gasteiger partial charge in [0.1, 0.15) is 5.82 Å². The van der Waals surface area contributed by atoms with E-state index in [4.69, 9.17) is 5.73 Å². The summed E-state index contributed by atoms with van der Waals surface area (Å²) >= 11 is 0. The zero-order chi connectivity index (χ0) is 15.1. The van der Waals surface area contributed by atoms with E-state index in [1.54, 1.807) is 11.8 Å². The average Bonchev–Trinajstić information content (AvgIpc) is 2.92. The molecule has 20 heavy (non-hydrogen) atoms. The van der Waals surface area contributed by atoms with E-state index in [9.17, 15) is 9.59 Å². The monoisotopic (exact) mass is 279 g/mol. The number of likely N-dealkylation sites (tertiary alicyclic amines) is 1. The minimum atomic E-state index is -0.480. The second-order valence-electron chi connectivity index (χ2n) is 6.35. The minimum absolute atomic E-state index is 0.0125. The maximum Gasteiger partial charge on any atom is 0.227 e. The Balaban J connectivity index is 2.24. The molecule has 1 aromatic rings. The third kappa shape index (κ3) is 2.66. The first-order valence-electron chi connectivity index (χ1n) is 6.67. The molecule has 0 saturated carbocycles. The van der Waals surface area contributed by atoms with Gasteiger partial charge in [0, 0.05) is 18.5 Å². The van der Waals surface area contributed by atoms with Gasteiger partial charge in [-0.3, -0.25) is 14.7 Å². The lowest BCUT2D eigenvalue weighted by Gasteiger charge is -2.25. The third-order valence-electron chi connectivity index (χ3n) is 3.56. The van der Waals surface area contributed by atoms with Crippen LogP contribution < -0.4 is 5.73 Å². The number of hydrogen-bond donors (Lipinski definition) is 2. The lowest BCUT2D eigenvalue weighted by Crippen LogP contribution is -2.38. The predicted molar refractivity (Wildman–Crippen MR) is 72.6 cm³/mol. The normalized spacial score (nSPS) is 23.1. The topological polar surface area (TPSA) is 105 Å². The molecule has 1 aromatic heterocycles. The quantitative estimate of drug-likeness (QED) is 0.806. The molecule has 0 bridgehead atoms.